The third kappa shape index (κ3) is 4.16. The summed E-state index contributed by atoms with van der Waals surface area (Å²) in [4.78, 5) is 12.4. The minimum Gasteiger partial charge on any atom is -0.347 e. The van der Waals surface area contributed by atoms with Crippen LogP contribution in [0.2, 0.25) is 5.02 Å². The molecule has 0 saturated carbocycles. The van der Waals surface area contributed by atoms with Gasteiger partial charge in [0, 0.05) is 21.1 Å². The molecule has 0 saturated heterocycles. The van der Waals surface area contributed by atoms with E-state index < -0.39 is 20.8 Å². The molecule has 1 N–H and O–H groups in total. The predicted molar refractivity (Wildman–Crippen MR) is 79.9 cm³/mol. The quantitative estimate of drug-likeness (QED) is 0.842. The average molecular weight is 368 g/mol. The summed E-state index contributed by atoms with van der Waals surface area (Å²) in [5.74, 6) is -1.18. The van der Waals surface area contributed by atoms with Crippen LogP contribution in [0.15, 0.2) is 34.5 Å². The Labute approximate surface area is 133 Å². The van der Waals surface area contributed by atoms with E-state index in [2.05, 4.69) is 5.32 Å². The second-order valence-electron chi connectivity index (χ2n) is 3.97. The summed E-state index contributed by atoms with van der Waals surface area (Å²) in [6, 6.07) is 6.61. The molecule has 1 amide bonds. The molecule has 1 aromatic carbocycles. The predicted octanol–water partition coefficient (Wildman–Crippen LogP) is 3.40. The summed E-state index contributed by atoms with van der Waals surface area (Å²) in [7, 11) is 1.43. The smallest absolute Gasteiger partial charge is 0.270 e. The van der Waals surface area contributed by atoms with Crippen molar-refractivity contribution in [1.29, 1.82) is 0 Å². The van der Waals surface area contributed by atoms with Crippen LogP contribution in [0.25, 0.3) is 0 Å². The monoisotopic (exact) mass is 367 g/mol. The van der Waals surface area contributed by atoms with Crippen LogP contribution < -0.4 is 5.32 Å². The molecule has 0 unspecified atom stereocenters. The molecule has 1 heterocycles. The topological polar surface area (TPSA) is 63.2 Å². The number of benzene rings is 1. The van der Waals surface area contributed by atoms with Crippen molar-refractivity contribution in [2.75, 3.05) is 0 Å². The van der Waals surface area contributed by atoms with E-state index in [0.29, 0.717) is 4.88 Å². The molecule has 1 aromatic heterocycles. The largest absolute Gasteiger partial charge is 0.347 e. The first-order chi connectivity index (χ1) is 9.77. The number of hydrogen-bond donors (Lipinski definition) is 1. The van der Waals surface area contributed by atoms with Crippen LogP contribution in [0.4, 0.5) is 4.39 Å². The van der Waals surface area contributed by atoms with Gasteiger partial charge in [-0.15, -0.1) is 11.3 Å². The minimum absolute atomic E-state index is 0.00551. The van der Waals surface area contributed by atoms with Gasteiger partial charge in [0.25, 0.3) is 15.0 Å². The molecule has 0 atom stereocenters. The van der Waals surface area contributed by atoms with Gasteiger partial charge in [0.05, 0.1) is 11.6 Å². The normalized spacial score (nSPS) is 11.4. The van der Waals surface area contributed by atoms with Gasteiger partial charge in [-0.1, -0.05) is 11.6 Å². The maximum atomic E-state index is 13.2. The summed E-state index contributed by atoms with van der Waals surface area (Å²) in [6.07, 6.45) is 0. The Kier molecular flexibility index (Phi) is 4.88. The van der Waals surface area contributed by atoms with Gasteiger partial charge < -0.3 is 5.32 Å². The lowest BCUT2D eigenvalue weighted by atomic mass is 10.2. The number of nitrogens with one attached hydrogen (secondary N) is 1. The number of hydrogen-bond acceptors (Lipinski definition) is 4. The van der Waals surface area contributed by atoms with Crippen molar-refractivity contribution >= 4 is 48.6 Å². The van der Waals surface area contributed by atoms with Gasteiger partial charge in [0.2, 0.25) is 0 Å². The molecule has 2 aromatic rings. The van der Waals surface area contributed by atoms with Gasteiger partial charge in [0.15, 0.2) is 0 Å². The Balaban J connectivity index is 2.04. The average Bonchev–Trinajstić information content (AvgIpc) is 2.88. The Hall–Kier alpha value is -1.15. The van der Waals surface area contributed by atoms with Crippen LogP contribution in [0, 0.1) is 5.82 Å². The fourth-order valence-electron chi connectivity index (χ4n) is 1.49. The van der Waals surface area contributed by atoms with E-state index in [-0.39, 0.29) is 21.3 Å². The first-order valence-corrected chi connectivity index (χ1v) is 9.04. The van der Waals surface area contributed by atoms with Gasteiger partial charge in [-0.25, -0.2) is 12.8 Å². The van der Waals surface area contributed by atoms with Crippen molar-refractivity contribution in [2.24, 2.45) is 0 Å². The summed E-state index contributed by atoms with van der Waals surface area (Å²) < 4.78 is 35.5. The molecule has 0 bridgehead atoms. The molecular weight excluding hydrogens is 360 g/mol. The van der Waals surface area contributed by atoms with Crippen molar-refractivity contribution < 1.29 is 17.6 Å². The molecule has 0 aliphatic carbocycles. The molecule has 0 spiro atoms. The van der Waals surface area contributed by atoms with Crippen LogP contribution in [0.5, 0.6) is 0 Å². The van der Waals surface area contributed by atoms with Crippen molar-refractivity contribution in [1.82, 2.24) is 5.32 Å². The van der Waals surface area contributed by atoms with Gasteiger partial charge in [-0.2, -0.15) is 0 Å². The number of amides is 1. The molecule has 4 nitrogen and oxygen atoms in total. The highest BCUT2D eigenvalue weighted by atomic mass is 35.7. The maximum Gasteiger partial charge on any atom is 0.270 e. The lowest BCUT2D eigenvalue weighted by Crippen LogP contribution is -2.22. The summed E-state index contributed by atoms with van der Waals surface area (Å²) in [6.45, 7) is 0.111. The lowest BCUT2D eigenvalue weighted by molar-refractivity contribution is 0.0951. The van der Waals surface area contributed by atoms with Crippen LogP contribution in [-0.2, 0) is 15.6 Å². The number of rotatable bonds is 4. The number of halogens is 3. The molecule has 9 heteroatoms. The molecule has 0 radical (unpaired) electrons. The highest BCUT2D eigenvalue weighted by Crippen LogP contribution is 2.24. The van der Waals surface area contributed by atoms with Crippen molar-refractivity contribution in [3.05, 3.63) is 51.6 Å². The first kappa shape index (κ1) is 16.2. The summed E-state index contributed by atoms with van der Waals surface area (Å²) in [5.41, 5.74) is 0.124. The SMILES string of the molecule is O=C(NCc1ccc(S(=O)(=O)Cl)s1)c1ccc(Cl)c(F)c1. The van der Waals surface area contributed by atoms with E-state index >= 15 is 0 Å². The van der Waals surface area contributed by atoms with E-state index in [0.717, 1.165) is 17.4 Å². The van der Waals surface area contributed by atoms with E-state index in [4.69, 9.17) is 22.3 Å². The molecule has 2 rings (SSSR count). The van der Waals surface area contributed by atoms with Crippen molar-refractivity contribution in [2.45, 2.75) is 10.8 Å². The van der Waals surface area contributed by atoms with Crippen LogP contribution in [-0.4, -0.2) is 14.3 Å². The first-order valence-electron chi connectivity index (χ1n) is 5.54. The maximum absolute atomic E-state index is 13.2. The summed E-state index contributed by atoms with van der Waals surface area (Å²) in [5, 5.41) is 2.48. The minimum atomic E-state index is -3.77. The highest BCUT2D eigenvalue weighted by molar-refractivity contribution is 8.15. The molecule has 0 aliphatic rings. The van der Waals surface area contributed by atoms with Gasteiger partial charge in [-0.05, 0) is 30.3 Å². The zero-order valence-electron chi connectivity index (χ0n) is 10.3. The second-order valence-corrected chi connectivity index (χ2v) is 8.34. The lowest BCUT2D eigenvalue weighted by Gasteiger charge is -2.04. The third-order valence-corrected chi connectivity index (χ3v) is 5.97. The number of carbonyl (C=O) groups is 1. The van der Waals surface area contributed by atoms with Gasteiger partial charge in [-0.3, -0.25) is 4.79 Å². The molecule has 112 valence electrons. The Morgan fingerprint density at radius 2 is 2.00 bits per heavy atom. The molecular formula is C12H8Cl2FNO3S2. The standard InChI is InChI=1S/C12H8Cl2FNO3S2/c13-9-3-1-7(5-10(9)15)12(17)16-6-8-2-4-11(20-8)21(14,18)19/h1-5H,6H2,(H,16,17). The zero-order chi connectivity index (χ0) is 15.6. The molecule has 21 heavy (non-hydrogen) atoms. The molecule has 0 fully saturated rings. The Morgan fingerprint density at radius 3 is 2.57 bits per heavy atom. The van der Waals surface area contributed by atoms with Gasteiger partial charge in [0.1, 0.15) is 10.0 Å². The zero-order valence-corrected chi connectivity index (χ0v) is 13.4. The Bertz CT molecular complexity index is 790. The van der Waals surface area contributed by atoms with Crippen LogP contribution in [0.1, 0.15) is 15.2 Å². The molecule has 0 aliphatic heterocycles. The fourth-order valence-corrected chi connectivity index (χ4v) is 3.67. The van der Waals surface area contributed by atoms with E-state index in [1.165, 1.54) is 18.2 Å². The van der Waals surface area contributed by atoms with Crippen LogP contribution in [0.3, 0.4) is 0 Å². The van der Waals surface area contributed by atoms with Gasteiger partial charge >= 0.3 is 0 Å². The van der Waals surface area contributed by atoms with E-state index in [1.54, 1.807) is 6.07 Å². The number of carbonyl (C=O) groups excluding carboxylic acids is 1. The fraction of sp³-hybridized carbons (Fsp3) is 0.0833. The second kappa shape index (κ2) is 6.31. The van der Waals surface area contributed by atoms with Crippen molar-refractivity contribution in [3.8, 4) is 0 Å². The Morgan fingerprint density at radius 1 is 1.29 bits per heavy atom. The van der Waals surface area contributed by atoms with E-state index in [9.17, 15) is 17.6 Å². The highest BCUT2D eigenvalue weighted by Gasteiger charge is 2.14. The third-order valence-electron chi connectivity index (χ3n) is 2.48. The van der Waals surface area contributed by atoms with Crippen molar-refractivity contribution in [3.63, 3.8) is 0 Å². The number of thiophene rings is 1. The summed E-state index contributed by atoms with van der Waals surface area (Å²) >= 11 is 6.48. The van der Waals surface area contributed by atoms with Crippen LogP contribution >= 0.6 is 33.6 Å². The van der Waals surface area contributed by atoms with E-state index in [1.807, 2.05) is 0 Å².